The summed E-state index contributed by atoms with van der Waals surface area (Å²) in [5.41, 5.74) is 0.632. The molecule has 1 unspecified atom stereocenters. The van der Waals surface area contributed by atoms with Crippen molar-refractivity contribution in [1.29, 1.82) is 0 Å². The molecule has 1 saturated heterocycles. The van der Waals surface area contributed by atoms with Gasteiger partial charge in [0.05, 0.1) is 0 Å². The van der Waals surface area contributed by atoms with Gasteiger partial charge in [0.1, 0.15) is 5.92 Å². The third kappa shape index (κ3) is 3.31. The van der Waals surface area contributed by atoms with E-state index in [1.54, 1.807) is 11.3 Å². The Hall–Kier alpha value is -2.41. The van der Waals surface area contributed by atoms with Crippen molar-refractivity contribution in [2.24, 2.45) is 5.92 Å². The zero-order valence-electron chi connectivity index (χ0n) is 14.3. The van der Waals surface area contributed by atoms with E-state index in [2.05, 4.69) is 16.0 Å². The van der Waals surface area contributed by atoms with Crippen molar-refractivity contribution in [3.8, 4) is 0 Å². The summed E-state index contributed by atoms with van der Waals surface area (Å²) < 4.78 is 1.08. The highest BCUT2D eigenvalue weighted by Crippen LogP contribution is 2.24. The lowest BCUT2D eigenvalue weighted by Gasteiger charge is -2.23. The molecule has 3 atom stereocenters. The average molecular weight is 371 g/mol. The first kappa shape index (κ1) is 17.0. The number of nitrogens with one attached hydrogen (secondary N) is 3. The van der Waals surface area contributed by atoms with Crippen LogP contribution in [0.2, 0.25) is 0 Å². The molecule has 0 spiro atoms. The molecule has 3 N–H and O–H groups in total. The average Bonchev–Trinajstić information content (AvgIpc) is 3.35. The van der Waals surface area contributed by atoms with Crippen LogP contribution in [0, 0.1) is 5.92 Å². The summed E-state index contributed by atoms with van der Waals surface area (Å²) in [6, 6.07) is 7.49. The highest BCUT2D eigenvalue weighted by Gasteiger charge is 2.35. The second kappa shape index (κ2) is 7.07. The van der Waals surface area contributed by atoms with Gasteiger partial charge >= 0.3 is 0 Å². The molecule has 6 nitrogen and oxygen atoms in total. The lowest BCUT2D eigenvalue weighted by atomic mass is 10.1. The standard InChI is InChI=1S/C19H21N3O3S/c23-17(12-5-4-11-7-9-26-16(11)10-12)21-14-2-1-3-15(14)22-19(25)13-6-8-20-18(13)24/h4-5,7,9-10,13-15H,1-3,6,8H2,(H,20,24)(H,21,23)(H,22,25)/t13?,14-,15+/m0/s1. The van der Waals surface area contributed by atoms with E-state index >= 15 is 0 Å². The van der Waals surface area contributed by atoms with Crippen LogP contribution in [0.25, 0.3) is 10.1 Å². The van der Waals surface area contributed by atoms with Crippen LogP contribution in [0.1, 0.15) is 36.0 Å². The van der Waals surface area contributed by atoms with Gasteiger partial charge in [-0.1, -0.05) is 6.07 Å². The molecule has 2 aromatic rings. The lowest BCUT2D eigenvalue weighted by Crippen LogP contribution is -2.50. The predicted octanol–water partition coefficient (Wildman–Crippen LogP) is 1.80. The van der Waals surface area contributed by atoms with E-state index in [0.717, 1.165) is 29.3 Å². The third-order valence-electron chi connectivity index (χ3n) is 5.24. The minimum atomic E-state index is -0.604. The summed E-state index contributed by atoms with van der Waals surface area (Å²) in [6.45, 7) is 0.549. The molecule has 1 aromatic heterocycles. The molecule has 1 aliphatic heterocycles. The molecule has 1 saturated carbocycles. The number of fused-ring (bicyclic) bond motifs is 1. The Morgan fingerprint density at radius 2 is 1.88 bits per heavy atom. The first-order chi connectivity index (χ1) is 12.6. The van der Waals surface area contributed by atoms with Crippen LogP contribution in [0.4, 0.5) is 0 Å². The highest BCUT2D eigenvalue weighted by atomic mass is 32.1. The van der Waals surface area contributed by atoms with Crippen LogP contribution >= 0.6 is 11.3 Å². The second-order valence-electron chi connectivity index (χ2n) is 6.93. The number of thiophene rings is 1. The summed E-state index contributed by atoms with van der Waals surface area (Å²) in [7, 11) is 0. The van der Waals surface area contributed by atoms with E-state index in [1.807, 2.05) is 29.6 Å². The third-order valence-corrected chi connectivity index (χ3v) is 6.12. The van der Waals surface area contributed by atoms with Gasteiger partial charge in [-0.2, -0.15) is 0 Å². The molecule has 2 aliphatic rings. The van der Waals surface area contributed by atoms with Crippen molar-refractivity contribution in [3.05, 3.63) is 35.2 Å². The maximum absolute atomic E-state index is 12.6. The molecule has 7 heteroatoms. The summed E-state index contributed by atoms with van der Waals surface area (Å²) in [5, 5.41) is 11.9. The highest BCUT2D eigenvalue weighted by molar-refractivity contribution is 7.17. The zero-order chi connectivity index (χ0) is 18.1. The van der Waals surface area contributed by atoms with Crippen LogP contribution in [-0.2, 0) is 9.59 Å². The summed E-state index contributed by atoms with van der Waals surface area (Å²) in [5.74, 6) is -1.16. The Kier molecular flexibility index (Phi) is 4.63. The minimum Gasteiger partial charge on any atom is -0.355 e. The van der Waals surface area contributed by atoms with Crippen molar-refractivity contribution < 1.29 is 14.4 Å². The van der Waals surface area contributed by atoms with E-state index in [1.165, 1.54) is 0 Å². The number of rotatable bonds is 4. The largest absolute Gasteiger partial charge is 0.355 e. The zero-order valence-corrected chi connectivity index (χ0v) is 15.1. The quantitative estimate of drug-likeness (QED) is 0.716. The number of benzene rings is 1. The van der Waals surface area contributed by atoms with Gasteiger partial charge in [-0.3, -0.25) is 14.4 Å². The lowest BCUT2D eigenvalue weighted by molar-refractivity contribution is -0.133. The fraction of sp³-hybridized carbons (Fsp3) is 0.421. The smallest absolute Gasteiger partial charge is 0.251 e. The van der Waals surface area contributed by atoms with E-state index in [0.29, 0.717) is 18.5 Å². The maximum Gasteiger partial charge on any atom is 0.251 e. The van der Waals surface area contributed by atoms with Gasteiger partial charge in [-0.15, -0.1) is 11.3 Å². The molecular weight excluding hydrogens is 350 g/mol. The molecule has 0 radical (unpaired) electrons. The number of hydrogen-bond donors (Lipinski definition) is 3. The van der Waals surface area contributed by atoms with E-state index < -0.39 is 5.92 Å². The first-order valence-electron chi connectivity index (χ1n) is 8.98. The van der Waals surface area contributed by atoms with Gasteiger partial charge in [0.2, 0.25) is 11.8 Å². The van der Waals surface area contributed by atoms with Crippen LogP contribution in [0.5, 0.6) is 0 Å². The minimum absolute atomic E-state index is 0.102. The Bertz CT molecular complexity index is 863. The van der Waals surface area contributed by atoms with Gasteiger partial charge in [0, 0.05) is 28.9 Å². The molecule has 1 aromatic carbocycles. The van der Waals surface area contributed by atoms with Crippen molar-refractivity contribution in [1.82, 2.24) is 16.0 Å². The van der Waals surface area contributed by atoms with E-state index in [4.69, 9.17) is 0 Å². The van der Waals surface area contributed by atoms with Crippen LogP contribution in [-0.4, -0.2) is 36.3 Å². The monoisotopic (exact) mass is 371 g/mol. The van der Waals surface area contributed by atoms with Crippen molar-refractivity contribution in [2.45, 2.75) is 37.8 Å². The molecule has 0 bridgehead atoms. The van der Waals surface area contributed by atoms with Crippen LogP contribution < -0.4 is 16.0 Å². The van der Waals surface area contributed by atoms with Crippen molar-refractivity contribution in [2.75, 3.05) is 6.54 Å². The Labute approximate surface area is 155 Å². The fourth-order valence-electron chi connectivity index (χ4n) is 3.78. The van der Waals surface area contributed by atoms with Gasteiger partial charge in [-0.25, -0.2) is 0 Å². The van der Waals surface area contributed by atoms with Crippen LogP contribution in [0.3, 0.4) is 0 Å². The number of amides is 3. The SMILES string of the molecule is O=C(N[C@H]1CCC[C@H]1NC(=O)C1CCNC1=O)c1ccc2ccsc2c1. The van der Waals surface area contributed by atoms with Crippen molar-refractivity contribution >= 4 is 39.1 Å². The first-order valence-corrected chi connectivity index (χ1v) is 9.86. The molecule has 3 amide bonds. The Morgan fingerprint density at radius 1 is 1.08 bits per heavy atom. The van der Waals surface area contributed by atoms with Gasteiger partial charge in [-0.05, 0) is 54.6 Å². The summed E-state index contributed by atoms with van der Waals surface area (Å²) in [4.78, 5) is 36.6. The number of carbonyl (C=O) groups excluding carboxylic acids is 3. The van der Waals surface area contributed by atoms with Crippen LogP contribution in [0.15, 0.2) is 29.6 Å². The molecule has 2 fully saturated rings. The molecule has 1 aliphatic carbocycles. The Morgan fingerprint density at radius 3 is 2.65 bits per heavy atom. The molecule has 2 heterocycles. The molecule has 4 rings (SSSR count). The maximum atomic E-state index is 12.6. The van der Waals surface area contributed by atoms with E-state index in [9.17, 15) is 14.4 Å². The topological polar surface area (TPSA) is 87.3 Å². The molecule has 26 heavy (non-hydrogen) atoms. The normalized spacial score (nSPS) is 25.2. The predicted molar refractivity (Wildman–Crippen MR) is 100.0 cm³/mol. The van der Waals surface area contributed by atoms with E-state index in [-0.39, 0.29) is 29.8 Å². The molecular formula is C19H21N3O3S. The van der Waals surface area contributed by atoms with Gasteiger partial charge in [0.25, 0.3) is 5.91 Å². The summed E-state index contributed by atoms with van der Waals surface area (Å²) >= 11 is 1.61. The number of hydrogen-bond acceptors (Lipinski definition) is 4. The van der Waals surface area contributed by atoms with Crippen molar-refractivity contribution in [3.63, 3.8) is 0 Å². The Balaban J connectivity index is 1.40. The fourth-order valence-corrected chi connectivity index (χ4v) is 4.61. The number of carbonyl (C=O) groups is 3. The second-order valence-corrected chi connectivity index (χ2v) is 7.88. The van der Waals surface area contributed by atoms with Gasteiger partial charge < -0.3 is 16.0 Å². The molecule has 136 valence electrons. The summed E-state index contributed by atoms with van der Waals surface area (Å²) in [6.07, 6.45) is 3.12. The van der Waals surface area contributed by atoms with Gasteiger partial charge in [0.15, 0.2) is 0 Å².